The summed E-state index contributed by atoms with van der Waals surface area (Å²) in [6.07, 6.45) is -4.08. The summed E-state index contributed by atoms with van der Waals surface area (Å²) in [6, 6.07) is 8.38. The minimum atomic E-state index is -4.74. The SMILES string of the molecule is O=C(O)N1CC(c2ccc(Oc3ccc(OC(F)(F)F)cc3)nc2)C1. The van der Waals surface area contributed by atoms with Gasteiger partial charge in [0.15, 0.2) is 0 Å². The summed E-state index contributed by atoms with van der Waals surface area (Å²) in [5.41, 5.74) is 0.902. The average molecular weight is 354 g/mol. The zero-order valence-corrected chi connectivity index (χ0v) is 12.7. The topological polar surface area (TPSA) is 71.9 Å². The second-order valence-corrected chi connectivity index (χ2v) is 5.44. The number of hydrogen-bond acceptors (Lipinski definition) is 4. The Balaban J connectivity index is 1.57. The molecule has 1 fully saturated rings. The van der Waals surface area contributed by atoms with Gasteiger partial charge < -0.3 is 19.5 Å². The summed E-state index contributed by atoms with van der Waals surface area (Å²) >= 11 is 0. The number of aromatic nitrogens is 1. The van der Waals surface area contributed by atoms with Crippen molar-refractivity contribution >= 4 is 6.09 Å². The first kappa shape index (κ1) is 16.9. The molecule has 1 aliphatic rings. The van der Waals surface area contributed by atoms with Crippen LogP contribution in [0, 0.1) is 0 Å². The number of ether oxygens (including phenoxy) is 2. The molecule has 0 radical (unpaired) electrons. The molecule has 9 heteroatoms. The van der Waals surface area contributed by atoms with Gasteiger partial charge in [0.2, 0.25) is 5.88 Å². The van der Waals surface area contributed by atoms with E-state index >= 15 is 0 Å². The highest BCUT2D eigenvalue weighted by atomic mass is 19.4. The van der Waals surface area contributed by atoms with Gasteiger partial charge in [0, 0.05) is 31.3 Å². The molecule has 0 spiro atoms. The van der Waals surface area contributed by atoms with Crippen molar-refractivity contribution in [1.29, 1.82) is 0 Å². The lowest BCUT2D eigenvalue weighted by molar-refractivity contribution is -0.274. The zero-order valence-electron chi connectivity index (χ0n) is 12.7. The van der Waals surface area contributed by atoms with E-state index in [9.17, 15) is 18.0 Å². The molecule has 132 valence electrons. The van der Waals surface area contributed by atoms with E-state index in [-0.39, 0.29) is 17.5 Å². The summed E-state index contributed by atoms with van der Waals surface area (Å²) in [7, 11) is 0. The van der Waals surface area contributed by atoms with Gasteiger partial charge in [-0.2, -0.15) is 0 Å². The van der Waals surface area contributed by atoms with Gasteiger partial charge in [0.05, 0.1) is 0 Å². The molecule has 1 aromatic heterocycles. The number of alkyl halides is 3. The number of likely N-dealkylation sites (tertiary alicyclic amines) is 1. The van der Waals surface area contributed by atoms with Crippen molar-refractivity contribution in [3.8, 4) is 17.4 Å². The van der Waals surface area contributed by atoms with Crippen LogP contribution < -0.4 is 9.47 Å². The normalized spacial score (nSPS) is 14.8. The standard InChI is InChI=1S/C16H13F3N2O4/c17-16(18,19)25-13-4-2-12(3-5-13)24-14-6-1-10(7-20-14)11-8-21(9-11)15(22)23/h1-7,11H,8-9H2,(H,22,23). The molecule has 0 saturated carbocycles. The van der Waals surface area contributed by atoms with E-state index in [0.717, 1.165) is 17.7 Å². The molecular weight excluding hydrogens is 341 g/mol. The summed E-state index contributed by atoms with van der Waals surface area (Å²) in [4.78, 5) is 16.2. The molecule has 2 aromatic rings. The van der Waals surface area contributed by atoms with E-state index in [1.807, 2.05) is 0 Å². The van der Waals surface area contributed by atoms with E-state index in [4.69, 9.17) is 9.84 Å². The Hall–Kier alpha value is -2.97. The molecule has 1 amide bonds. The molecule has 1 saturated heterocycles. The van der Waals surface area contributed by atoms with Crippen LogP contribution in [0.4, 0.5) is 18.0 Å². The lowest BCUT2D eigenvalue weighted by Crippen LogP contribution is -2.47. The van der Waals surface area contributed by atoms with Gasteiger partial charge in [0.25, 0.3) is 0 Å². The first-order valence-electron chi connectivity index (χ1n) is 7.27. The highest BCUT2D eigenvalue weighted by Crippen LogP contribution is 2.29. The largest absolute Gasteiger partial charge is 0.573 e. The summed E-state index contributed by atoms with van der Waals surface area (Å²) in [5.74, 6) is 0.366. The first-order chi connectivity index (χ1) is 11.8. The van der Waals surface area contributed by atoms with Crippen molar-refractivity contribution in [1.82, 2.24) is 9.88 Å². The number of rotatable bonds is 4. The van der Waals surface area contributed by atoms with E-state index in [2.05, 4.69) is 9.72 Å². The molecule has 2 heterocycles. The summed E-state index contributed by atoms with van der Waals surface area (Å²) < 4.78 is 45.5. The van der Waals surface area contributed by atoms with Crippen molar-refractivity contribution in [2.75, 3.05) is 13.1 Å². The van der Waals surface area contributed by atoms with E-state index < -0.39 is 12.5 Å². The van der Waals surface area contributed by atoms with Crippen LogP contribution in [0.1, 0.15) is 11.5 Å². The van der Waals surface area contributed by atoms with Gasteiger partial charge >= 0.3 is 12.5 Å². The third kappa shape index (κ3) is 4.31. The maximum absolute atomic E-state index is 12.1. The number of benzene rings is 1. The van der Waals surface area contributed by atoms with Crippen molar-refractivity contribution < 1.29 is 32.5 Å². The number of halogens is 3. The van der Waals surface area contributed by atoms with Crippen molar-refractivity contribution in [2.45, 2.75) is 12.3 Å². The molecule has 1 N–H and O–H groups in total. The fourth-order valence-corrected chi connectivity index (χ4v) is 2.37. The quantitative estimate of drug-likeness (QED) is 0.903. The third-order valence-corrected chi connectivity index (χ3v) is 3.66. The predicted octanol–water partition coefficient (Wildman–Crippen LogP) is 3.85. The maximum Gasteiger partial charge on any atom is 0.573 e. The highest BCUT2D eigenvalue weighted by molar-refractivity contribution is 5.66. The Kier molecular flexibility index (Phi) is 4.39. The van der Waals surface area contributed by atoms with Gasteiger partial charge in [-0.1, -0.05) is 6.07 Å². The Bertz CT molecular complexity index is 741. The number of hydrogen-bond donors (Lipinski definition) is 1. The van der Waals surface area contributed by atoms with Gasteiger partial charge in [-0.15, -0.1) is 13.2 Å². The van der Waals surface area contributed by atoms with Crippen LogP contribution in [0.15, 0.2) is 42.6 Å². The van der Waals surface area contributed by atoms with Crippen LogP contribution in [0.3, 0.4) is 0 Å². The van der Waals surface area contributed by atoms with Crippen LogP contribution in [0.5, 0.6) is 17.4 Å². The van der Waals surface area contributed by atoms with Gasteiger partial charge in [0.1, 0.15) is 11.5 Å². The minimum absolute atomic E-state index is 0.108. The number of carbonyl (C=O) groups is 1. The lowest BCUT2D eigenvalue weighted by atomic mass is 9.93. The second kappa shape index (κ2) is 6.50. The third-order valence-electron chi connectivity index (χ3n) is 3.66. The lowest BCUT2D eigenvalue weighted by Gasteiger charge is -2.37. The Morgan fingerprint density at radius 2 is 1.76 bits per heavy atom. The molecule has 6 nitrogen and oxygen atoms in total. The summed E-state index contributed by atoms with van der Waals surface area (Å²) in [5, 5.41) is 8.81. The van der Waals surface area contributed by atoms with Gasteiger partial charge in [-0.25, -0.2) is 9.78 Å². The Morgan fingerprint density at radius 1 is 1.12 bits per heavy atom. The van der Waals surface area contributed by atoms with Crippen molar-refractivity contribution in [3.63, 3.8) is 0 Å². The maximum atomic E-state index is 12.1. The molecule has 0 bridgehead atoms. The average Bonchev–Trinajstić information content (AvgIpc) is 2.48. The van der Waals surface area contributed by atoms with Crippen LogP contribution in [-0.2, 0) is 0 Å². The van der Waals surface area contributed by atoms with Crippen molar-refractivity contribution in [2.24, 2.45) is 0 Å². The highest BCUT2D eigenvalue weighted by Gasteiger charge is 2.32. The van der Waals surface area contributed by atoms with E-state index in [1.54, 1.807) is 18.3 Å². The molecule has 0 unspecified atom stereocenters. The Labute approximate surface area is 140 Å². The van der Waals surface area contributed by atoms with Crippen LogP contribution in [0.25, 0.3) is 0 Å². The number of nitrogens with zero attached hydrogens (tertiary/aromatic N) is 2. The van der Waals surface area contributed by atoms with Gasteiger partial charge in [-0.05, 0) is 29.8 Å². The molecule has 0 aliphatic carbocycles. The van der Waals surface area contributed by atoms with Crippen molar-refractivity contribution in [3.05, 3.63) is 48.2 Å². The monoisotopic (exact) mass is 354 g/mol. The second-order valence-electron chi connectivity index (χ2n) is 5.44. The molecule has 1 aliphatic heterocycles. The van der Waals surface area contributed by atoms with Crippen LogP contribution in [-0.4, -0.2) is 40.5 Å². The van der Waals surface area contributed by atoms with Crippen LogP contribution in [0.2, 0.25) is 0 Å². The van der Waals surface area contributed by atoms with Crippen LogP contribution >= 0.6 is 0 Å². The van der Waals surface area contributed by atoms with Gasteiger partial charge in [-0.3, -0.25) is 0 Å². The molecule has 0 atom stereocenters. The number of pyridine rings is 1. The molecule has 1 aromatic carbocycles. The predicted molar refractivity (Wildman–Crippen MR) is 79.8 cm³/mol. The first-order valence-corrected chi connectivity index (χ1v) is 7.27. The van der Waals surface area contributed by atoms with E-state index in [0.29, 0.717) is 18.8 Å². The smallest absolute Gasteiger partial charge is 0.465 e. The number of carboxylic acid groups (broad SMARTS) is 1. The number of amides is 1. The zero-order chi connectivity index (χ0) is 18.0. The summed E-state index contributed by atoms with van der Waals surface area (Å²) in [6.45, 7) is 0.857. The molecular formula is C16H13F3N2O4. The minimum Gasteiger partial charge on any atom is -0.465 e. The fourth-order valence-electron chi connectivity index (χ4n) is 2.37. The molecule has 25 heavy (non-hydrogen) atoms. The fraction of sp³-hybridized carbons (Fsp3) is 0.250. The molecule has 3 rings (SSSR count). The van der Waals surface area contributed by atoms with E-state index in [1.165, 1.54) is 17.0 Å². The Morgan fingerprint density at radius 3 is 2.28 bits per heavy atom.